The van der Waals surface area contributed by atoms with Crippen molar-refractivity contribution < 1.29 is 9.53 Å². The van der Waals surface area contributed by atoms with Gasteiger partial charge >= 0.3 is 0 Å². The summed E-state index contributed by atoms with van der Waals surface area (Å²) in [5.74, 6) is 0.227. The van der Waals surface area contributed by atoms with Crippen molar-refractivity contribution in [2.45, 2.75) is 20.0 Å². The van der Waals surface area contributed by atoms with Crippen LogP contribution in [0.5, 0.6) is 5.88 Å². The molecule has 3 aromatic rings. The van der Waals surface area contributed by atoms with Crippen LogP contribution in [0.15, 0.2) is 72.9 Å². The van der Waals surface area contributed by atoms with Gasteiger partial charge in [-0.05, 0) is 41.8 Å². The summed E-state index contributed by atoms with van der Waals surface area (Å²) < 4.78 is 5.88. The van der Waals surface area contributed by atoms with E-state index in [1.54, 1.807) is 30.5 Å². The van der Waals surface area contributed by atoms with E-state index >= 15 is 0 Å². The van der Waals surface area contributed by atoms with Gasteiger partial charge in [-0.3, -0.25) is 4.79 Å². The van der Waals surface area contributed by atoms with Gasteiger partial charge in [0.1, 0.15) is 12.3 Å². The topological polar surface area (TPSA) is 51.2 Å². The number of pyridine rings is 1. The fourth-order valence-electron chi connectivity index (χ4n) is 2.57. The molecule has 0 aliphatic heterocycles. The molecule has 0 fully saturated rings. The summed E-state index contributed by atoms with van der Waals surface area (Å²) >= 11 is 0. The minimum absolute atomic E-state index is 0.188. The summed E-state index contributed by atoms with van der Waals surface area (Å²) in [6, 6.07) is 20.8. The van der Waals surface area contributed by atoms with Crippen molar-refractivity contribution in [2.24, 2.45) is 0 Å². The number of benzene rings is 2. The van der Waals surface area contributed by atoms with Crippen molar-refractivity contribution in [1.29, 1.82) is 0 Å². The summed E-state index contributed by atoms with van der Waals surface area (Å²) in [6.07, 6.45) is 2.60. The van der Waals surface area contributed by atoms with Crippen molar-refractivity contribution in [3.63, 3.8) is 0 Å². The number of carbonyl (C=O) groups is 1. The normalized spacial score (nSPS) is 10.3. The molecule has 0 unspecified atom stereocenters. The number of hydrogen-bond acceptors (Lipinski definition) is 3. The molecule has 1 heterocycles. The Labute approximate surface area is 147 Å². The number of aromatic nitrogens is 1. The number of rotatable bonds is 6. The van der Waals surface area contributed by atoms with Crippen LogP contribution in [0.3, 0.4) is 0 Å². The SMILES string of the molecule is CCc1ccccc1COc1ncccc1NC(=O)c1ccccc1. The molecule has 25 heavy (non-hydrogen) atoms. The van der Waals surface area contributed by atoms with Crippen molar-refractivity contribution in [1.82, 2.24) is 4.98 Å². The highest BCUT2D eigenvalue weighted by molar-refractivity contribution is 6.04. The molecule has 0 saturated carbocycles. The molecule has 0 atom stereocenters. The van der Waals surface area contributed by atoms with Crippen LogP contribution in [0, 0.1) is 0 Å². The Morgan fingerprint density at radius 3 is 2.44 bits per heavy atom. The first kappa shape index (κ1) is 16.7. The van der Waals surface area contributed by atoms with Gasteiger partial charge in [0, 0.05) is 11.8 Å². The number of nitrogens with one attached hydrogen (secondary N) is 1. The quantitative estimate of drug-likeness (QED) is 0.724. The summed E-state index contributed by atoms with van der Waals surface area (Å²) in [5, 5.41) is 2.87. The van der Waals surface area contributed by atoms with Gasteiger partial charge in [-0.15, -0.1) is 0 Å². The molecular weight excluding hydrogens is 312 g/mol. The molecule has 4 nitrogen and oxygen atoms in total. The number of carbonyl (C=O) groups excluding carboxylic acids is 1. The molecule has 1 aromatic heterocycles. The lowest BCUT2D eigenvalue weighted by molar-refractivity contribution is 0.102. The van der Waals surface area contributed by atoms with E-state index in [1.807, 2.05) is 36.4 Å². The maximum Gasteiger partial charge on any atom is 0.255 e. The van der Waals surface area contributed by atoms with E-state index in [2.05, 4.69) is 23.3 Å². The van der Waals surface area contributed by atoms with Gasteiger partial charge in [-0.1, -0.05) is 49.4 Å². The second-order valence-corrected chi connectivity index (χ2v) is 5.59. The Morgan fingerprint density at radius 1 is 0.960 bits per heavy atom. The third-order valence-electron chi connectivity index (χ3n) is 3.92. The lowest BCUT2D eigenvalue weighted by atomic mass is 10.1. The van der Waals surface area contributed by atoms with Crippen LogP contribution in [-0.2, 0) is 13.0 Å². The molecule has 0 aliphatic carbocycles. The van der Waals surface area contributed by atoms with Gasteiger partial charge in [0.15, 0.2) is 0 Å². The van der Waals surface area contributed by atoms with E-state index in [9.17, 15) is 4.79 Å². The molecule has 126 valence electrons. The average Bonchev–Trinajstić information content (AvgIpc) is 2.68. The van der Waals surface area contributed by atoms with E-state index in [1.165, 1.54) is 5.56 Å². The Kier molecular flexibility index (Phi) is 5.42. The largest absolute Gasteiger partial charge is 0.471 e. The molecule has 0 radical (unpaired) electrons. The fraction of sp³-hybridized carbons (Fsp3) is 0.143. The highest BCUT2D eigenvalue weighted by Gasteiger charge is 2.11. The summed E-state index contributed by atoms with van der Waals surface area (Å²) in [5.41, 5.74) is 3.52. The second-order valence-electron chi connectivity index (χ2n) is 5.59. The number of ether oxygens (including phenoxy) is 1. The standard InChI is InChI=1S/C21H20N2O2/c1-2-16-9-6-7-12-18(16)15-25-21-19(13-8-14-22-21)23-20(24)17-10-4-3-5-11-17/h3-14H,2,15H2,1H3,(H,23,24). The van der Waals surface area contributed by atoms with Crippen molar-refractivity contribution in [3.8, 4) is 5.88 Å². The lowest BCUT2D eigenvalue weighted by Crippen LogP contribution is -2.13. The fourth-order valence-corrected chi connectivity index (χ4v) is 2.57. The molecular formula is C21H20N2O2. The third kappa shape index (κ3) is 4.23. The predicted molar refractivity (Wildman–Crippen MR) is 98.8 cm³/mol. The van der Waals surface area contributed by atoms with Crippen molar-refractivity contribution in [3.05, 3.63) is 89.6 Å². The minimum atomic E-state index is -0.188. The molecule has 1 amide bonds. The van der Waals surface area contributed by atoms with E-state index in [0.717, 1.165) is 12.0 Å². The van der Waals surface area contributed by atoms with Gasteiger partial charge < -0.3 is 10.1 Å². The van der Waals surface area contributed by atoms with Gasteiger partial charge in [0.25, 0.3) is 5.91 Å². The van der Waals surface area contributed by atoms with Gasteiger partial charge in [0.2, 0.25) is 5.88 Å². The molecule has 0 aliphatic rings. The number of nitrogens with zero attached hydrogens (tertiary/aromatic N) is 1. The van der Waals surface area contributed by atoms with Crippen LogP contribution in [0.25, 0.3) is 0 Å². The highest BCUT2D eigenvalue weighted by atomic mass is 16.5. The van der Waals surface area contributed by atoms with E-state index in [-0.39, 0.29) is 5.91 Å². The Hall–Kier alpha value is -3.14. The maximum atomic E-state index is 12.3. The molecule has 0 bridgehead atoms. The molecule has 1 N–H and O–H groups in total. The molecule has 4 heteroatoms. The first-order valence-corrected chi connectivity index (χ1v) is 8.29. The lowest BCUT2D eigenvalue weighted by Gasteiger charge is -2.13. The minimum Gasteiger partial charge on any atom is -0.471 e. The number of hydrogen-bond donors (Lipinski definition) is 1. The third-order valence-corrected chi connectivity index (χ3v) is 3.92. The first-order chi connectivity index (χ1) is 12.3. The predicted octanol–water partition coefficient (Wildman–Crippen LogP) is 4.48. The van der Waals surface area contributed by atoms with Gasteiger partial charge in [-0.2, -0.15) is 0 Å². The molecule has 3 rings (SSSR count). The summed E-state index contributed by atoms with van der Waals surface area (Å²) in [7, 11) is 0. The smallest absolute Gasteiger partial charge is 0.255 e. The van der Waals surface area contributed by atoms with E-state index < -0.39 is 0 Å². The van der Waals surface area contributed by atoms with E-state index in [4.69, 9.17) is 4.74 Å². The first-order valence-electron chi connectivity index (χ1n) is 8.29. The van der Waals surface area contributed by atoms with Crippen molar-refractivity contribution in [2.75, 3.05) is 5.32 Å². The van der Waals surface area contributed by atoms with Crippen LogP contribution in [0.1, 0.15) is 28.4 Å². The monoisotopic (exact) mass is 332 g/mol. The average molecular weight is 332 g/mol. The highest BCUT2D eigenvalue weighted by Crippen LogP contribution is 2.23. The zero-order valence-electron chi connectivity index (χ0n) is 14.1. The zero-order chi connectivity index (χ0) is 17.5. The van der Waals surface area contributed by atoms with Crippen LogP contribution in [-0.4, -0.2) is 10.9 Å². The number of amides is 1. The van der Waals surface area contributed by atoms with Crippen LogP contribution < -0.4 is 10.1 Å². The Balaban J connectivity index is 1.74. The molecule has 0 saturated heterocycles. The summed E-state index contributed by atoms with van der Waals surface area (Å²) in [6.45, 7) is 2.53. The summed E-state index contributed by atoms with van der Waals surface area (Å²) in [4.78, 5) is 16.6. The molecule has 0 spiro atoms. The van der Waals surface area contributed by atoms with Crippen LogP contribution in [0.4, 0.5) is 5.69 Å². The van der Waals surface area contributed by atoms with Gasteiger partial charge in [0.05, 0.1) is 0 Å². The van der Waals surface area contributed by atoms with E-state index in [0.29, 0.717) is 23.7 Å². The maximum absolute atomic E-state index is 12.3. The Bertz CT molecular complexity index is 847. The van der Waals surface area contributed by atoms with Crippen LogP contribution >= 0.6 is 0 Å². The van der Waals surface area contributed by atoms with Gasteiger partial charge in [-0.25, -0.2) is 4.98 Å². The Morgan fingerprint density at radius 2 is 1.68 bits per heavy atom. The van der Waals surface area contributed by atoms with Crippen molar-refractivity contribution >= 4 is 11.6 Å². The number of aryl methyl sites for hydroxylation is 1. The number of anilines is 1. The zero-order valence-corrected chi connectivity index (χ0v) is 14.1. The molecule has 2 aromatic carbocycles. The second kappa shape index (κ2) is 8.11. The van der Waals surface area contributed by atoms with Crippen LogP contribution in [0.2, 0.25) is 0 Å².